The van der Waals surface area contributed by atoms with E-state index in [4.69, 9.17) is 0 Å². The van der Waals surface area contributed by atoms with Crippen molar-refractivity contribution in [2.45, 2.75) is 38.4 Å². The van der Waals surface area contributed by atoms with Crippen molar-refractivity contribution in [1.29, 1.82) is 0 Å². The Kier molecular flexibility index (Phi) is 6.57. The zero-order valence-electron chi connectivity index (χ0n) is 11.1. The minimum absolute atomic E-state index is 0.107. The van der Waals surface area contributed by atoms with Crippen LogP contribution in [0.5, 0.6) is 0 Å². The zero-order chi connectivity index (χ0) is 14.3. The third-order valence-corrected chi connectivity index (χ3v) is 3.17. The van der Waals surface area contributed by atoms with Crippen LogP contribution in [0, 0.1) is 5.92 Å². The lowest BCUT2D eigenvalue weighted by Crippen LogP contribution is -2.43. The highest BCUT2D eigenvalue weighted by molar-refractivity contribution is 5.76. The molecule has 2 unspecified atom stereocenters. The van der Waals surface area contributed by atoms with Gasteiger partial charge in [-0.05, 0) is 25.3 Å². The highest BCUT2D eigenvalue weighted by Crippen LogP contribution is 2.17. The fourth-order valence-corrected chi connectivity index (χ4v) is 2.11. The molecule has 7 heteroatoms. The van der Waals surface area contributed by atoms with Crippen molar-refractivity contribution in [3.05, 3.63) is 0 Å². The van der Waals surface area contributed by atoms with Gasteiger partial charge in [-0.1, -0.05) is 6.92 Å². The maximum atomic E-state index is 11.8. The molecular weight excluding hydrogens is 261 g/mol. The fourth-order valence-electron chi connectivity index (χ4n) is 2.11. The van der Waals surface area contributed by atoms with E-state index in [1.165, 1.54) is 0 Å². The molecule has 0 aromatic carbocycles. The third kappa shape index (κ3) is 7.37. The molecule has 0 spiro atoms. The molecule has 1 rings (SSSR count). The van der Waals surface area contributed by atoms with Crippen LogP contribution < -0.4 is 10.6 Å². The molecule has 0 bridgehead atoms. The monoisotopic (exact) mass is 282 g/mol. The van der Waals surface area contributed by atoms with Gasteiger partial charge in [0.2, 0.25) is 5.91 Å². The first-order valence-corrected chi connectivity index (χ1v) is 6.53. The van der Waals surface area contributed by atoms with Crippen molar-refractivity contribution in [3.63, 3.8) is 0 Å². The molecule has 1 aliphatic heterocycles. The number of carbonyl (C=O) groups is 1. The van der Waals surface area contributed by atoms with Gasteiger partial charge in [0.05, 0.1) is 6.61 Å². The van der Waals surface area contributed by atoms with Gasteiger partial charge in [0, 0.05) is 19.0 Å². The van der Waals surface area contributed by atoms with Crippen LogP contribution in [0.2, 0.25) is 0 Å². The van der Waals surface area contributed by atoms with E-state index in [9.17, 15) is 18.0 Å². The van der Waals surface area contributed by atoms with Crippen molar-refractivity contribution in [2.24, 2.45) is 5.92 Å². The van der Waals surface area contributed by atoms with Gasteiger partial charge in [0.1, 0.15) is 6.61 Å². The van der Waals surface area contributed by atoms with Crippen LogP contribution >= 0.6 is 0 Å². The Hall–Kier alpha value is -0.820. The van der Waals surface area contributed by atoms with Crippen LogP contribution in [0.1, 0.15) is 26.2 Å². The SMILES string of the molecule is CC1CCCNC1CC(=O)NCCOCC(F)(F)F. The minimum atomic E-state index is -4.31. The van der Waals surface area contributed by atoms with E-state index in [-0.39, 0.29) is 25.1 Å². The quantitative estimate of drug-likeness (QED) is 0.725. The summed E-state index contributed by atoms with van der Waals surface area (Å²) < 4.78 is 39.7. The van der Waals surface area contributed by atoms with E-state index in [2.05, 4.69) is 22.3 Å². The van der Waals surface area contributed by atoms with E-state index >= 15 is 0 Å². The Morgan fingerprint density at radius 3 is 2.84 bits per heavy atom. The predicted octanol–water partition coefficient (Wildman–Crippen LogP) is 1.46. The first-order chi connectivity index (χ1) is 8.88. The predicted molar refractivity (Wildman–Crippen MR) is 64.7 cm³/mol. The number of nitrogens with one attached hydrogen (secondary N) is 2. The lowest BCUT2D eigenvalue weighted by molar-refractivity contribution is -0.173. The maximum absolute atomic E-state index is 11.8. The number of hydrogen-bond acceptors (Lipinski definition) is 3. The van der Waals surface area contributed by atoms with E-state index in [0.717, 1.165) is 19.4 Å². The Morgan fingerprint density at radius 1 is 1.47 bits per heavy atom. The smallest absolute Gasteiger partial charge is 0.370 e. The highest BCUT2D eigenvalue weighted by Gasteiger charge is 2.27. The van der Waals surface area contributed by atoms with Gasteiger partial charge in [-0.25, -0.2) is 0 Å². The maximum Gasteiger partial charge on any atom is 0.411 e. The third-order valence-electron chi connectivity index (χ3n) is 3.17. The molecule has 4 nitrogen and oxygen atoms in total. The molecule has 19 heavy (non-hydrogen) atoms. The van der Waals surface area contributed by atoms with Gasteiger partial charge < -0.3 is 15.4 Å². The summed E-state index contributed by atoms with van der Waals surface area (Å²) in [7, 11) is 0. The Morgan fingerprint density at radius 2 is 2.21 bits per heavy atom. The lowest BCUT2D eigenvalue weighted by atomic mass is 9.90. The number of amides is 1. The van der Waals surface area contributed by atoms with E-state index < -0.39 is 12.8 Å². The Bertz CT molecular complexity index is 285. The molecule has 1 fully saturated rings. The van der Waals surface area contributed by atoms with Crippen LogP contribution in [-0.2, 0) is 9.53 Å². The summed E-state index contributed by atoms with van der Waals surface area (Å²) in [6.07, 6.45) is -1.74. The second kappa shape index (κ2) is 7.69. The van der Waals surface area contributed by atoms with Crippen LogP contribution in [0.3, 0.4) is 0 Å². The largest absolute Gasteiger partial charge is 0.411 e. The van der Waals surface area contributed by atoms with Crippen LogP contribution in [0.4, 0.5) is 13.2 Å². The first-order valence-electron chi connectivity index (χ1n) is 6.53. The number of halogens is 3. The Balaban J connectivity index is 2.07. The molecule has 2 atom stereocenters. The summed E-state index contributed by atoms with van der Waals surface area (Å²) in [5.41, 5.74) is 0. The molecule has 1 aliphatic rings. The average molecular weight is 282 g/mol. The second-order valence-electron chi connectivity index (χ2n) is 4.90. The average Bonchev–Trinajstić information content (AvgIpc) is 2.30. The number of piperidine rings is 1. The van der Waals surface area contributed by atoms with E-state index in [0.29, 0.717) is 12.3 Å². The molecular formula is C12H21F3N2O2. The van der Waals surface area contributed by atoms with Gasteiger partial charge in [-0.2, -0.15) is 13.2 Å². The molecule has 1 saturated heterocycles. The number of ether oxygens (including phenoxy) is 1. The fraction of sp³-hybridized carbons (Fsp3) is 0.917. The standard InChI is InChI=1S/C12H21F3N2O2/c1-9-3-2-4-16-10(9)7-11(18)17-5-6-19-8-12(13,14)15/h9-10,16H,2-8H2,1H3,(H,17,18). The summed E-state index contributed by atoms with van der Waals surface area (Å²) in [6.45, 7) is 1.71. The second-order valence-corrected chi connectivity index (χ2v) is 4.90. The first kappa shape index (κ1) is 16.2. The van der Waals surface area contributed by atoms with Crippen LogP contribution in [0.15, 0.2) is 0 Å². The van der Waals surface area contributed by atoms with Crippen molar-refractivity contribution in [1.82, 2.24) is 10.6 Å². The zero-order valence-corrected chi connectivity index (χ0v) is 11.1. The van der Waals surface area contributed by atoms with Gasteiger partial charge in [0.25, 0.3) is 0 Å². The molecule has 0 aromatic heterocycles. The van der Waals surface area contributed by atoms with Gasteiger partial charge in [-0.15, -0.1) is 0 Å². The summed E-state index contributed by atoms with van der Waals surface area (Å²) >= 11 is 0. The highest BCUT2D eigenvalue weighted by atomic mass is 19.4. The summed E-state index contributed by atoms with van der Waals surface area (Å²) in [4.78, 5) is 11.6. The van der Waals surface area contributed by atoms with Crippen LogP contribution in [0.25, 0.3) is 0 Å². The topological polar surface area (TPSA) is 50.4 Å². The molecule has 1 amide bonds. The van der Waals surface area contributed by atoms with E-state index in [1.807, 2.05) is 0 Å². The van der Waals surface area contributed by atoms with Crippen molar-refractivity contribution >= 4 is 5.91 Å². The molecule has 2 N–H and O–H groups in total. The summed E-state index contributed by atoms with van der Waals surface area (Å²) in [6, 6.07) is 0.157. The molecule has 0 aliphatic carbocycles. The molecule has 112 valence electrons. The summed E-state index contributed by atoms with van der Waals surface area (Å²) in [5, 5.41) is 5.85. The number of rotatable bonds is 6. The number of alkyl halides is 3. The lowest BCUT2D eigenvalue weighted by Gasteiger charge is -2.29. The molecule has 0 aromatic rings. The van der Waals surface area contributed by atoms with Gasteiger partial charge in [0.15, 0.2) is 0 Å². The molecule has 1 heterocycles. The summed E-state index contributed by atoms with van der Waals surface area (Å²) in [5.74, 6) is 0.294. The molecule has 0 saturated carbocycles. The number of hydrogen-bond donors (Lipinski definition) is 2. The number of carbonyl (C=O) groups excluding carboxylic acids is 1. The van der Waals surface area contributed by atoms with Crippen LogP contribution in [-0.4, -0.2) is 44.4 Å². The van der Waals surface area contributed by atoms with Gasteiger partial charge >= 0.3 is 6.18 Å². The minimum Gasteiger partial charge on any atom is -0.370 e. The van der Waals surface area contributed by atoms with Gasteiger partial charge in [-0.3, -0.25) is 4.79 Å². The Labute approximate surface area is 111 Å². The van der Waals surface area contributed by atoms with E-state index in [1.54, 1.807) is 0 Å². The normalized spacial score (nSPS) is 24.2. The molecule has 0 radical (unpaired) electrons. The van der Waals surface area contributed by atoms with Crippen molar-refractivity contribution in [3.8, 4) is 0 Å². The van der Waals surface area contributed by atoms with Crippen molar-refractivity contribution < 1.29 is 22.7 Å². The van der Waals surface area contributed by atoms with Crippen molar-refractivity contribution in [2.75, 3.05) is 26.3 Å².